The predicted molar refractivity (Wildman–Crippen MR) is 75.0 cm³/mol. The third kappa shape index (κ3) is 2.32. The Bertz CT molecular complexity index is 694. The number of ketones is 1. The number of fused-ring (bicyclic) bond motifs is 1. The lowest BCUT2D eigenvalue weighted by Gasteiger charge is -2.09. The third-order valence-electron chi connectivity index (χ3n) is 3.29. The van der Waals surface area contributed by atoms with Crippen molar-refractivity contribution in [2.24, 2.45) is 0 Å². The van der Waals surface area contributed by atoms with Crippen molar-refractivity contribution in [3.8, 4) is 0 Å². The number of halogens is 1. The summed E-state index contributed by atoms with van der Waals surface area (Å²) in [7, 11) is 0. The number of hydrogen-bond donors (Lipinski definition) is 0. The van der Waals surface area contributed by atoms with Crippen molar-refractivity contribution < 1.29 is 14.3 Å². The van der Waals surface area contributed by atoms with E-state index in [4.69, 9.17) is 16.3 Å². The van der Waals surface area contributed by atoms with Crippen LogP contribution in [0.15, 0.2) is 48.5 Å². The van der Waals surface area contributed by atoms with E-state index >= 15 is 0 Å². The summed E-state index contributed by atoms with van der Waals surface area (Å²) in [5.41, 5.74) is 1.84. The normalized spacial score (nSPS) is 16.6. The van der Waals surface area contributed by atoms with Gasteiger partial charge in [-0.2, -0.15) is 0 Å². The van der Waals surface area contributed by atoms with Gasteiger partial charge in [-0.15, -0.1) is 0 Å². The largest absolute Gasteiger partial charge is 0.453 e. The second-order valence-corrected chi connectivity index (χ2v) is 5.06. The van der Waals surface area contributed by atoms with Crippen molar-refractivity contribution in [2.75, 3.05) is 0 Å². The number of cyclic esters (lactones) is 1. The number of ether oxygens (including phenoxy) is 1. The van der Waals surface area contributed by atoms with Gasteiger partial charge in [-0.25, -0.2) is 4.79 Å². The second-order valence-electron chi connectivity index (χ2n) is 4.62. The smallest absolute Gasteiger partial charge is 0.339 e. The predicted octanol–water partition coefficient (Wildman–Crippen LogP) is 3.82. The van der Waals surface area contributed by atoms with E-state index in [9.17, 15) is 9.59 Å². The minimum absolute atomic E-state index is 0.0954. The molecule has 0 N–H and O–H groups in total. The van der Waals surface area contributed by atoms with Gasteiger partial charge in [0, 0.05) is 16.1 Å². The molecule has 20 heavy (non-hydrogen) atoms. The van der Waals surface area contributed by atoms with Crippen LogP contribution in [0.25, 0.3) is 0 Å². The standard InChI is InChI=1S/C16H11ClO3/c17-11-5-3-4-10(8-11)14(18)9-15-12-6-1-2-7-13(12)16(19)20-15/h1-8,15H,9H2. The molecule has 0 amide bonds. The van der Waals surface area contributed by atoms with Gasteiger partial charge in [-0.1, -0.05) is 41.9 Å². The summed E-state index contributed by atoms with van der Waals surface area (Å²) in [4.78, 5) is 23.9. The topological polar surface area (TPSA) is 43.4 Å². The van der Waals surface area contributed by atoms with E-state index < -0.39 is 6.10 Å². The van der Waals surface area contributed by atoms with Gasteiger partial charge in [0.05, 0.1) is 12.0 Å². The first-order chi connectivity index (χ1) is 9.65. The Labute approximate surface area is 121 Å². The van der Waals surface area contributed by atoms with Crippen molar-refractivity contribution in [2.45, 2.75) is 12.5 Å². The van der Waals surface area contributed by atoms with Gasteiger partial charge in [0.1, 0.15) is 6.10 Å². The molecule has 0 saturated heterocycles. The van der Waals surface area contributed by atoms with Crippen molar-refractivity contribution in [1.29, 1.82) is 0 Å². The highest BCUT2D eigenvalue weighted by Gasteiger charge is 2.32. The molecule has 1 aliphatic rings. The van der Waals surface area contributed by atoms with Gasteiger partial charge < -0.3 is 4.74 Å². The van der Waals surface area contributed by atoms with Crippen LogP contribution in [-0.4, -0.2) is 11.8 Å². The third-order valence-corrected chi connectivity index (χ3v) is 3.53. The molecular weight excluding hydrogens is 276 g/mol. The van der Waals surface area contributed by atoms with Crippen LogP contribution in [0.5, 0.6) is 0 Å². The van der Waals surface area contributed by atoms with Crippen molar-refractivity contribution in [1.82, 2.24) is 0 Å². The molecule has 0 fully saturated rings. The van der Waals surface area contributed by atoms with Crippen LogP contribution < -0.4 is 0 Å². The quantitative estimate of drug-likeness (QED) is 0.636. The maximum Gasteiger partial charge on any atom is 0.339 e. The number of carbonyl (C=O) groups is 2. The Kier molecular flexibility index (Phi) is 3.28. The minimum atomic E-state index is -0.509. The summed E-state index contributed by atoms with van der Waals surface area (Å²) in [6, 6.07) is 13.9. The Morgan fingerprint density at radius 1 is 1.15 bits per heavy atom. The zero-order valence-corrected chi connectivity index (χ0v) is 11.3. The molecule has 3 rings (SSSR count). The average molecular weight is 287 g/mol. The average Bonchev–Trinajstić information content (AvgIpc) is 2.76. The Morgan fingerprint density at radius 3 is 2.75 bits per heavy atom. The first-order valence-corrected chi connectivity index (χ1v) is 6.61. The van der Waals surface area contributed by atoms with Crippen LogP contribution >= 0.6 is 11.6 Å². The van der Waals surface area contributed by atoms with E-state index in [1.165, 1.54) is 0 Å². The summed E-state index contributed by atoms with van der Waals surface area (Å²) in [6.45, 7) is 0. The van der Waals surface area contributed by atoms with Crippen LogP contribution in [0.3, 0.4) is 0 Å². The number of esters is 1. The highest BCUT2D eigenvalue weighted by molar-refractivity contribution is 6.31. The van der Waals surface area contributed by atoms with Gasteiger partial charge in [-0.3, -0.25) is 4.79 Å². The zero-order valence-electron chi connectivity index (χ0n) is 10.5. The lowest BCUT2D eigenvalue weighted by Crippen LogP contribution is -2.07. The fourth-order valence-corrected chi connectivity index (χ4v) is 2.51. The van der Waals surface area contributed by atoms with Crippen LogP contribution in [0, 0.1) is 0 Å². The van der Waals surface area contributed by atoms with Gasteiger partial charge in [-0.05, 0) is 18.2 Å². The molecule has 4 heteroatoms. The molecule has 1 aliphatic heterocycles. The van der Waals surface area contributed by atoms with E-state index in [1.807, 2.05) is 12.1 Å². The maximum atomic E-state index is 12.2. The summed E-state index contributed by atoms with van der Waals surface area (Å²) in [5.74, 6) is -0.466. The Balaban J connectivity index is 1.83. The molecule has 100 valence electrons. The van der Waals surface area contributed by atoms with Gasteiger partial charge in [0.15, 0.2) is 5.78 Å². The Hall–Kier alpha value is -2.13. The summed E-state index contributed by atoms with van der Waals surface area (Å²) >= 11 is 5.87. The summed E-state index contributed by atoms with van der Waals surface area (Å²) < 4.78 is 5.26. The number of Topliss-reactive ketones (excluding diaryl/α,β-unsaturated/α-hetero) is 1. The van der Waals surface area contributed by atoms with Crippen LogP contribution in [0.2, 0.25) is 5.02 Å². The summed E-state index contributed by atoms with van der Waals surface area (Å²) in [6.07, 6.45) is -0.381. The van der Waals surface area contributed by atoms with Gasteiger partial charge >= 0.3 is 5.97 Å². The van der Waals surface area contributed by atoms with Crippen molar-refractivity contribution in [3.05, 3.63) is 70.2 Å². The van der Waals surface area contributed by atoms with Crippen LogP contribution in [0.4, 0.5) is 0 Å². The molecule has 1 unspecified atom stereocenters. The highest BCUT2D eigenvalue weighted by atomic mass is 35.5. The van der Waals surface area contributed by atoms with Crippen molar-refractivity contribution >= 4 is 23.4 Å². The molecule has 0 radical (unpaired) electrons. The molecule has 0 bridgehead atoms. The summed E-state index contributed by atoms with van der Waals surface area (Å²) in [5, 5.41) is 0.514. The number of hydrogen-bond acceptors (Lipinski definition) is 3. The number of carbonyl (C=O) groups excluding carboxylic acids is 2. The molecule has 1 heterocycles. The zero-order chi connectivity index (χ0) is 14.1. The van der Waals surface area contributed by atoms with Crippen LogP contribution in [-0.2, 0) is 4.74 Å². The van der Waals surface area contributed by atoms with E-state index in [0.717, 1.165) is 5.56 Å². The fraction of sp³-hybridized carbons (Fsp3) is 0.125. The van der Waals surface area contributed by atoms with E-state index in [0.29, 0.717) is 16.1 Å². The molecule has 3 nitrogen and oxygen atoms in total. The SMILES string of the molecule is O=C(CC1OC(=O)c2ccccc21)c1cccc(Cl)c1. The molecule has 0 aromatic heterocycles. The van der Waals surface area contributed by atoms with Crippen molar-refractivity contribution in [3.63, 3.8) is 0 Å². The molecule has 0 saturated carbocycles. The second kappa shape index (κ2) is 5.10. The first-order valence-electron chi connectivity index (χ1n) is 6.24. The molecular formula is C16H11ClO3. The first kappa shape index (κ1) is 12.9. The minimum Gasteiger partial charge on any atom is -0.453 e. The molecule has 2 aromatic rings. The molecule has 2 aromatic carbocycles. The Morgan fingerprint density at radius 2 is 1.95 bits per heavy atom. The van der Waals surface area contributed by atoms with E-state index in [-0.39, 0.29) is 18.2 Å². The molecule has 0 aliphatic carbocycles. The van der Waals surface area contributed by atoms with Gasteiger partial charge in [0.25, 0.3) is 0 Å². The number of benzene rings is 2. The molecule has 0 spiro atoms. The fourth-order valence-electron chi connectivity index (χ4n) is 2.32. The number of rotatable bonds is 3. The van der Waals surface area contributed by atoms with Gasteiger partial charge in [0.2, 0.25) is 0 Å². The monoisotopic (exact) mass is 286 g/mol. The maximum absolute atomic E-state index is 12.2. The lowest BCUT2D eigenvalue weighted by atomic mass is 9.99. The van der Waals surface area contributed by atoms with Crippen LogP contribution in [0.1, 0.15) is 38.8 Å². The highest BCUT2D eigenvalue weighted by Crippen LogP contribution is 2.33. The molecule has 1 atom stereocenters. The lowest BCUT2D eigenvalue weighted by molar-refractivity contribution is 0.0367. The van der Waals surface area contributed by atoms with E-state index in [1.54, 1.807) is 36.4 Å². The van der Waals surface area contributed by atoms with E-state index in [2.05, 4.69) is 0 Å².